The number of carbonyl (C=O) groups excluding carboxylic acids is 1. The van der Waals surface area contributed by atoms with Crippen molar-refractivity contribution in [2.24, 2.45) is 5.92 Å². The van der Waals surface area contributed by atoms with Crippen molar-refractivity contribution in [2.75, 3.05) is 0 Å². The van der Waals surface area contributed by atoms with Crippen LogP contribution in [0.25, 0.3) is 0 Å². The summed E-state index contributed by atoms with van der Waals surface area (Å²) in [5.41, 5.74) is 0.751. The van der Waals surface area contributed by atoms with Crippen LogP contribution in [0.2, 0.25) is 5.32 Å². The van der Waals surface area contributed by atoms with Gasteiger partial charge in [-0.2, -0.15) is 0 Å². The van der Waals surface area contributed by atoms with E-state index in [0.29, 0.717) is 12.2 Å². The van der Waals surface area contributed by atoms with E-state index in [0.717, 1.165) is 10.9 Å². The van der Waals surface area contributed by atoms with Crippen molar-refractivity contribution in [3.05, 3.63) is 54.1 Å². The standard InChI is InChI=1S/C16H14O3Se/c17-14-7-4-8-15-13(14)9-11(16(18)19-15)10-20-12-5-2-1-3-6-12/h1-8,11,17H,9-10H2. The number of carbonyl (C=O) groups is 1. The van der Waals surface area contributed by atoms with Crippen LogP contribution in [-0.2, 0) is 11.2 Å². The quantitative estimate of drug-likeness (QED) is 0.530. The number of esters is 1. The normalized spacial score (nSPS) is 17.4. The molecule has 0 bridgehead atoms. The number of phenolic OH excluding ortho intramolecular Hbond substituents is 1. The fraction of sp³-hybridized carbons (Fsp3) is 0.188. The van der Waals surface area contributed by atoms with Gasteiger partial charge in [0.25, 0.3) is 0 Å². The van der Waals surface area contributed by atoms with E-state index in [1.807, 2.05) is 18.2 Å². The van der Waals surface area contributed by atoms with Crippen LogP contribution in [0.5, 0.6) is 11.5 Å². The van der Waals surface area contributed by atoms with Crippen molar-refractivity contribution in [2.45, 2.75) is 11.7 Å². The number of aromatic hydroxyl groups is 1. The third-order valence-electron chi connectivity index (χ3n) is 3.30. The molecule has 0 fully saturated rings. The van der Waals surface area contributed by atoms with Gasteiger partial charge in [-0.05, 0) is 0 Å². The Labute approximate surface area is 123 Å². The van der Waals surface area contributed by atoms with Gasteiger partial charge in [-0.3, -0.25) is 0 Å². The second-order valence-electron chi connectivity index (χ2n) is 4.70. The van der Waals surface area contributed by atoms with Gasteiger partial charge >= 0.3 is 123 Å². The molecule has 0 saturated heterocycles. The first-order valence-electron chi connectivity index (χ1n) is 6.44. The topological polar surface area (TPSA) is 46.5 Å². The molecule has 3 nitrogen and oxygen atoms in total. The Bertz CT molecular complexity index is 625. The minimum absolute atomic E-state index is 0.156. The molecule has 0 radical (unpaired) electrons. The monoisotopic (exact) mass is 334 g/mol. The first-order valence-corrected chi connectivity index (χ1v) is 8.51. The summed E-state index contributed by atoms with van der Waals surface area (Å²) in [6, 6.07) is 15.2. The van der Waals surface area contributed by atoms with Gasteiger partial charge in [0, 0.05) is 0 Å². The van der Waals surface area contributed by atoms with Crippen molar-refractivity contribution in [1.82, 2.24) is 0 Å². The maximum atomic E-state index is 12.0. The van der Waals surface area contributed by atoms with Crippen LogP contribution in [0.4, 0.5) is 0 Å². The second-order valence-corrected chi connectivity index (χ2v) is 6.99. The van der Waals surface area contributed by atoms with Gasteiger partial charge < -0.3 is 0 Å². The number of benzene rings is 2. The van der Waals surface area contributed by atoms with Crippen molar-refractivity contribution in [3.63, 3.8) is 0 Å². The summed E-state index contributed by atoms with van der Waals surface area (Å²) in [6.07, 6.45) is 0.565. The number of rotatable bonds is 3. The molecule has 0 amide bonds. The SMILES string of the molecule is O=C1Oc2cccc(O)c2CC1C[Se]c1ccccc1. The van der Waals surface area contributed by atoms with Crippen LogP contribution >= 0.6 is 0 Å². The van der Waals surface area contributed by atoms with E-state index in [9.17, 15) is 9.90 Å². The predicted molar refractivity (Wildman–Crippen MR) is 77.6 cm³/mol. The molecule has 0 spiro atoms. The Balaban J connectivity index is 1.72. The van der Waals surface area contributed by atoms with Crippen LogP contribution < -0.4 is 9.20 Å². The van der Waals surface area contributed by atoms with Crippen molar-refractivity contribution in [3.8, 4) is 11.5 Å². The second kappa shape index (κ2) is 5.69. The van der Waals surface area contributed by atoms with Gasteiger partial charge in [0.15, 0.2) is 0 Å². The maximum absolute atomic E-state index is 12.0. The Hall–Kier alpha value is -1.77. The molecule has 4 heteroatoms. The number of phenols is 1. The molecule has 0 aliphatic carbocycles. The molecule has 1 aliphatic rings. The first-order chi connectivity index (χ1) is 9.74. The van der Waals surface area contributed by atoms with Gasteiger partial charge in [-0.1, -0.05) is 0 Å². The van der Waals surface area contributed by atoms with Gasteiger partial charge in [-0.25, -0.2) is 0 Å². The van der Waals surface area contributed by atoms with Crippen molar-refractivity contribution in [1.29, 1.82) is 0 Å². The predicted octanol–water partition coefficient (Wildman–Crippen LogP) is 1.92. The van der Waals surface area contributed by atoms with Crippen LogP contribution in [0.15, 0.2) is 48.5 Å². The molecule has 1 heterocycles. The van der Waals surface area contributed by atoms with E-state index in [1.54, 1.807) is 18.2 Å². The molecule has 1 N–H and O–H groups in total. The van der Waals surface area contributed by atoms with E-state index < -0.39 is 0 Å². The summed E-state index contributed by atoms with van der Waals surface area (Å²) in [5.74, 6) is 0.377. The van der Waals surface area contributed by atoms with Gasteiger partial charge in [-0.15, -0.1) is 0 Å². The van der Waals surface area contributed by atoms with E-state index in [-0.39, 0.29) is 32.6 Å². The van der Waals surface area contributed by atoms with E-state index >= 15 is 0 Å². The molecule has 102 valence electrons. The average molecular weight is 333 g/mol. The molecular weight excluding hydrogens is 319 g/mol. The molecule has 1 aliphatic heterocycles. The average Bonchev–Trinajstić information content (AvgIpc) is 2.47. The fourth-order valence-corrected chi connectivity index (χ4v) is 4.31. The van der Waals surface area contributed by atoms with Gasteiger partial charge in [0.2, 0.25) is 0 Å². The third-order valence-corrected chi connectivity index (χ3v) is 5.76. The summed E-state index contributed by atoms with van der Waals surface area (Å²) in [4.78, 5) is 12.0. The van der Waals surface area contributed by atoms with Crippen LogP contribution in [0.3, 0.4) is 0 Å². The van der Waals surface area contributed by atoms with Gasteiger partial charge in [0.1, 0.15) is 0 Å². The van der Waals surface area contributed by atoms with E-state index in [1.165, 1.54) is 4.46 Å². The van der Waals surface area contributed by atoms with E-state index in [2.05, 4.69) is 12.1 Å². The summed E-state index contributed by atoms with van der Waals surface area (Å²) in [7, 11) is 0. The van der Waals surface area contributed by atoms with Crippen LogP contribution in [0, 0.1) is 5.92 Å². The molecule has 20 heavy (non-hydrogen) atoms. The molecule has 1 unspecified atom stereocenters. The summed E-state index contributed by atoms with van der Waals surface area (Å²) >= 11 is 0.243. The summed E-state index contributed by atoms with van der Waals surface area (Å²) < 4.78 is 6.60. The Morgan fingerprint density at radius 3 is 2.75 bits per heavy atom. The zero-order valence-electron chi connectivity index (χ0n) is 10.8. The molecule has 2 aromatic rings. The number of ether oxygens (including phenoxy) is 1. The molecule has 3 rings (SSSR count). The summed E-state index contributed by atoms with van der Waals surface area (Å²) in [5, 5.41) is 10.7. The molecule has 0 aromatic heterocycles. The molecule has 1 atom stereocenters. The Kier molecular flexibility index (Phi) is 3.77. The Morgan fingerprint density at radius 2 is 1.95 bits per heavy atom. The van der Waals surface area contributed by atoms with Gasteiger partial charge in [0.05, 0.1) is 0 Å². The molecule has 2 aromatic carbocycles. The number of fused-ring (bicyclic) bond motifs is 1. The number of hydrogen-bond donors (Lipinski definition) is 1. The zero-order valence-corrected chi connectivity index (χ0v) is 12.5. The van der Waals surface area contributed by atoms with Crippen LogP contribution in [0.1, 0.15) is 5.56 Å². The first kappa shape index (κ1) is 13.2. The van der Waals surface area contributed by atoms with Crippen LogP contribution in [-0.4, -0.2) is 26.0 Å². The molecular formula is C16H14O3Se. The minimum atomic E-state index is -0.180. The molecule has 0 saturated carbocycles. The Morgan fingerprint density at radius 1 is 1.15 bits per heavy atom. The fourth-order valence-electron chi connectivity index (χ4n) is 2.22. The third kappa shape index (κ3) is 2.72. The number of hydrogen-bond acceptors (Lipinski definition) is 3. The van der Waals surface area contributed by atoms with Crippen molar-refractivity contribution < 1.29 is 14.6 Å². The zero-order chi connectivity index (χ0) is 13.9. The summed E-state index contributed by atoms with van der Waals surface area (Å²) in [6.45, 7) is 0. The van der Waals surface area contributed by atoms with E-state index in [4.69, 9.17) is 4.74 Å². The van der Waals surface area contributed by atoms with Crippen molar-refractivity contribution >= 4 is 25.4 Å².